The fourth-order valence-corrected chi connectivity index (χ4v) is 3.55. The molecule has 0 spiro atoms. The van der Waals surface area contributed by atoms with Crippen LogP contribution in [-0.4, -0.2) is 54.5 Å². The van der Waals surface area contributed by atoms with Crippen LogP contribution >= 0.6 is 12.4 Å². The first-order valence-electron chi connectivity index (χ1n) is 5.81. The lowest BCUT2D eigenvalue weighted by atomic mass is 10.2. The number of halogens is 1. The number of aromatic nitrogens is 1. The number of hydrogen-bond acceptors (Lipinski definition) is 5. The van der Waals surface area contributed by atoms with Gasteiger partial charge in [0.25, 0.3) is 10.0 Å². The van der Waals surface area contributed by atoms with Gasteiger partial charge in [-0.25, -0.2) is 13.4 Å². The number of aliphatic carboxylic acids is 1. The molecule has 1 aliphatic heterocycles. The van der Waals surface area contributed by atoms with Crippen molar-refractivity contribution in [1.82, 2.24) is 14.6 Å². The van der Waals surface area contributed by atoms with E-state index < -0.39 is 22.0 Å². The first-order chi connectivity index (χ1) is 8.93. The largest absolute Gasteiger partial charge is 0.480 e. The second kappa shape index (κ2) is 6.49. The normalized spacial score (nSPS) is 20.1. The zero-order valence-electron chi connectivity index (χ0n) is 10.8. The topological polar surface area (TPSA) is 99.6 Å². The molecule has 0 radical (unpaired) electrons. The van der Waals surface area contributed by atoms with E-state index >= 15 is 0 Å². The van der Waals surface area contributed by atoms with Crippen LogP contribution in [0.4, 0.5) is 0 Å². The van der Waals surface area contributed by atoms with Crippen molar-refractivity contribution in [3.63, 3.8) is 0 Å². The van der Waals surface area contributed by atoms with Gasteiger partial charge in [0.15, 0.2) is 5.03 Å². The number of pyridine rings is 1. The first kappa shape index (κ1) is 16.8. The van der Waals surface area contributed by atoms with Gasteiger partial charge in [-0.2, -0.15) is 4.31 Å². The van der Waals surface area contributed by atoms with Gasteiger partial charge >= 0.3 is 5.97 Å². The molecule has 20 heavy (non-hydrogen) atoms. The molecule has 9 heteroatoms. The van der Waals surface area contributed by atoms with Crippen molar-refractivity contribution in [2.45, 2.75) is 18.0 Å². The average Bonchev–Trinajstić information content (AvgIpc) is 2.38. The Morgan fingerprint density at radius 1 is 1.55 bits per heavy atom. The molecule has 0 amide bonds. The van der Waals surface area contributed by atoms with Crippen molar-refractivity contribution >= 4 is 28.4 Å². The third kappa shape index (κ3) is 3.26. The predicted molar refractivity (Wildman–Crippen MR) is 74.4 cm³/mol. The highest BCUT2D eigenvalue weighted by molar-refractivity contribution is 7.89. The predicted octanol–water partition coefficient (Wildman–Crippen LogP) is -0.141. The minimum atomic E-state index is -3.88. The van der Waals surface area contributed by atoms with Crippen molar-refractivity contribution in [2.24, 2.45) is 0 Å². The molecule has 1 aliphatic rings. The Labute approximate surface area is 123 Å². The molecule has 1 aromatic rings. The molecule has 112 valence electrons. The van der Waals surface area contributed by atoms with Crippen LogP contribution < -0.4 is 5.32 Å². The zero-order chi connectivity index (χ0) is 14.0. The van der Waals surface area contributed by atoms with Gasteiger partial charge in [0.2, 0.25) is 0 Å². The maximum Gasteiger partial charge on any atom is 0.323 e. The Morgan fingerprint density at radius 2 is 2.25 bits per heavy atom. The minimum absolute atomic E-state index is 0. The van der Waals surface area contributed by atoms with Crippen molar-refractivity contribution in [3.05, 3.63) is 23.9 Å². The molecule has 0 saturated carbocycles. The Balaban J connectivity index is 0.00000200. The lowest BCUT2D eigenvalue weighted by molar-refractivity contribution is -0.141. The fraction of sp³-hybridized carbons (Fsp3) is 0.455. The summed E-state index contributed by atoms with van der Waals surface area (Å²) in [4.78, 5) is 15.0. The van der Waals surface area contributed by atoms with E-state index in [-0.39, 0.29) is 30.5 Å². The van der Waals surface area contributed by atoms with E-state index in [1.807, 2.05) is 0 Å². The minimum Gasteiger partial charge on any atom is -0.480 e. The summed E-state index contributed by atoms with van der Waals surface area (Å²) in [5.41, 5.74) is 0.760. The van der Waals surface area contributed by atoms with Crippen LogP contribution in [0.15, 0.2) is 23.4 Å². The molecule has 1 atom stereocenters. The molecule has 2 N–H and O–H groups in total. The van der Waals surface area contributed by atoms with Crippen LogP contribution in [0.1, 0.15) is 5.56 Å². The molecule has 0 aromatic carbocycles. The van der Waals surface area contributed by atoms with Crippen LogP contribution in [0.2, 0.25) is 0 Å². The number of nitrogens with zero attached hydrogens (tertiary/aromatic N) is 2. The lowest BCUT2D eigenvalue weighted by Crippen LogP contribution is -2.56. The molecule has 2 rings (SSSR count). The van der Waals surface area contributed by atoms with E-state index in [0.29, 0.717) is 6.54 Å². The van der Waals surface area contributed by atoms with E-state index in [9.17, 15) is 13.2 Å². The molecule has 1 saturated heterocycles. The third-order valence-corrected chi connectivity index (χ3v) is 4.75. The molecule has 0 aliphatic carbocycles. The highest BCUT2D eigenvalue weighted by atomic mass is 35.5. The van der Waals surface area contributed by atoms with Crippen molar-refractivity contribution in [2.75, 3.05) is 19.6 Å². The molecule has 2 heterocycles. The summed E-state index contributed by atoms with van der Waals surface area (Å²) in [6.07, 6.45) is 1.40. The molecular formula is C11H16ClN3O4S. The van der Waals surface area contributed by atoms with Gasteiger partial charge in [-0.3, -0.25) is 4.79 Å². The smallest absolute Gasteiger partial charge is 0.323 e. The number of carbonyl (C=O) groups is 1. The lowest BCUT2D eigenvalue weighted by Gasteiger charge is -2.32. The number of piperazine rings is 1. The molecule has 1 unspecified atom stereocenters. The summed E-state index contributed by atoms with van der Waals surface area (Å²) in [5.74, 6) is -1.16. The standard InChI is InChI=1S/C11H15N3O4S.ClH/c1-8-2-3-13-10(6-8)19(17,18)14-5-4-12-7-9(14)11(15)16;/h2-3,6,9,12H,4-5,7H2,1H3,(H,15,16);1H. The van der Waals surface area contributed by atoms with Crippen molar-refractivity contribution < 1.29 is 18.3 Å². The maximum atomic E-state index is 12.4. The van der Waals surface area contributed by atoms with Gasteiger partial charge < -0.3 is 10.4 Å². The van der Waals surface area contributed by atoms with Gasteiger partial charge in [0.1, 0.15) is 6.04 Å². The van der Waals surface area contributed by atoms with Crippen LogP contribution in [0.5, 0.6) is 0 Å². The van der Waals surface area contributed by atoms with Crippen molar-refractivity contribution in [3.8, 4) is 0 Å². The fourth-order valence-electron chi connectivity index (χ4n) is 1.95. The van der Waals surface area contributed by atoms with Crippen LogP contribution in [0.3, 0.4) is 0 Å². The van der Waals surface area contributed by atoms with E-state index in [1.165, 1.54) is 12.3 Å². The SMILES string of the molecule is Cc1ccnc(S(=O)(=O)N2CCNCC2C(=O)O)c1.Cl. The molecular weight excluding hydrogens is 306 g/mol. The van der Waals surface area contributed by atoms with Gasteiger partial charge in [-0.15, -0.1) is 12.4 Å². The first-order valence-corrected chi connectivity index (χ1v) is 7.25. The van der Waals surface area contributed by atoms with E-state index in [1.54, 1.807) is 13.0 Å². The highest BCUT2D eigenvalue weighted by Crippen LogP contribution is 2.18. The molecule has 7 nitrogen and oxygen atoms in total. The molecule has 1 fully saturated rings. The summed E-state index contributed by atoms with van der Waals surface area (Å²) < 4.78 is 25.8. The number of rotatable bonds is 3. The Kier molecular flexibility index (Phi) is 5.46. The van der Waals surface area contributed by atoms with E-state index in [0.717, 1.165) is 9.87 Å². The number of nitrogens with one attached hydrogen (secondary N) is 1. The Morgan fingerprint density at radius 3 is 2.85 bits per heavy atom. The van der Waals surface area contributed by atoms with Crippen LogP contribution in [0.25, 0.3) is 0 Å². The Hall–Kier alpha value is -1.22. The molecule has 1 aromatic heterocycles. The Bertz CT molecular complexity index is 593. The second-order valence-corrected chi connectivity index (χ2v) is 6.18. The van der Waals surface area contributed by atoms with E-state index in [4.69, 9.17) is 5.11 Å². The summed E-state index contributed by atoms with van der Waals surface area (Å²) >= 11 is 0. The highest BCUT2D eigenvalue weighted by Gasteiger charge is 2.38. The number of carboxylic acids is 1. The van der Waals surface area contributed by atoms with Gasteiger partial charge in [0, 0.05) is 25.8 Å². The number of aryl methyl sites for hydroxylation is 1. The third-order valence-electron chi connectivity index (χ3n) is 2.94. The van der Waals surface area contributed by atoms with Gasteiger partial charge in [-0.1, -0.05) is 0 Å². The monoisotopic (exact) mass is 321 g/mol. The summed E-state index contributed by atoms with van der Waals surface area (Å²) in [7, 11) is -3.88. The number of hydrogen-bond donors (Lipinski definition) is 2. The van der Waals surface area contributed by atoms with Gasteiger partial charge in [0.05, 0.1) is 0 Å². The van der Waals surface area contributed by atoms with Crippen LogP contribution in [0, 0.1) is 6.92 Å². The van der Waals surface area contributed by atoms with E-state index in [2.05, 4.69) is 10.3 Å². The summed E-state index contributed by atoms with van der Waals surface area (Å²) in [5, 5.41) is 11.9. The van der Waals surface area contributed by atoms with Crippen LogP contribution in [-0.2, 0) is 14.8 Å². The van der Waals surface area contributed by atoms with Crippen molar-refractivity contribution in [1.29, 1.82) is 0 Å². The molecule has 0 bridgehead atoms. The van der Waals surface area contributed by atoms with Gasteiger partial charge in [-0.05, 0) is 24.6 Å². The number of sulfonamides is 1. The summed E-state index contributed by atoms with van der Waals surface area (Å²) in [6.45, 7) is 2.40. The number of carboxylic acid groups (broad SMARTS) is 1. The summed E-state index contributed by atoms with van der Waals surface area (Å²) in [6, 6.07) is 2.03. The zero-order valence-corrected chi connectivity index (χ0v) is 12.4. The average molecular weight is 322 g/mol. The quantitative estimate of drug-likeness (QED) is 0.804. The second-order valence-electron chi connectivity index (χ2n) is 4.35. The maximum absolute atomic E-state index is 12.4.